The third-order valence-corrected chi connectivity index (χ3v) is 4.61. The number of Topliss-reactive ketones (excluding diaryl/α,β-unsaturated/α-hetero) is 1. The number of ketones is 1. The van der Waals surface area contributed by atoms with E-state index in [0.29, 0.717) is 5.75 Å². The number of benzene rings is 2. The predicted molar refractivity (Wildman–Crippen MR) is 89.8 cm³/mol. The van der Waals surface area contributed by atoms with Crippen LogP contribution in [0.2, 0.25) is 0 Å². The highest BCUT2D eigenvalue weighted by atomic mass is 79.9. The zero-order chi connectivity index (χ0) is 14.7. The van der Waals surface area contributed by atoms with Gasteiger partial charge < -0.3 is 0 Å². The van der Waals surface area contributed by atoms with E-state index in [4.69, 9.17) is 0 Å². The van der Waals surface area contributed by atoms with Crippen molar-refractivity contribution < 1.29 is 4.79 Å². The van der Waals surface area contributed by atoms with Gasteiger partial charge in [0, 0.05) is 14.9 Å². The lowest BCUT2D eigenvalue weighted by molar-refractivity contribution is 0.102. The summed E-state index contributed by atoms with van der Waals surface area (Å²) in [7, 11) is 0. The monoisotopic (exact) mass is 348 g/mol. The molecule has 0 saturated carbocycles. The van der Waals surface area contributed by atoms with Crippen LogP contribution in [-0.4, -0.2) is 11.5 Å². The van der Waals surface area contributed by atoms with Gasteiger partial charge in [0.05, 0.1) is 5.75 Å². The predicted octanol–water partition coefficient (Wildman–Crippen LogP) is 5.35. The topological polar surface area (TPSA) is 17.1 Å². The molecule has 2 aromatic rings. The van der Waals surface area contributed by atoms with Crippen LogP contribution in [0.1, 0.15) is 27.0 Å². The molecule has 0 radical (unpaired) electrons. The number of carbonyl (C=O) groups excluding carboxylic acids is 1. The molecule has 0 aliphatic heterocycles. The Morgan fingerprint density at radius 1 is 1.10 bits per heavy atom. The Balaban J connectivity index is 2.13. The summed E-state index contributed by atoms with van der Waals surface area (Å²) in [4.78, 5) is 13.5. The maximum absolute atomic E-state index is 12.4. The molecule has 104 valence electrons. The first-order chi connectivity index (χ1) is 9.47. The van der Waals surface area contributed by atoms with Gasteiger partial charge in [-0.1, -0.05) is 39.7 Å². The molecule has 0 aromatic heterocycles. The summed E-state index contributed by atoms with van der Waals surface area (Å²) in [6.07, 6.45) is 0. The number of rotatable bonds is 4. The zero-order valence-corrected chi connectivity index (χ0v) is 14.3. The Morgan fingerprint density at radius 2 is 1.75 bits per heavy atom. The molecule has 0 fully saturated rings. The van der Waals surface area contributed by atoms with Gasteiger partial charge in [-0.3, -0.25) is 4.79 Å². The fraction of sp³-hybridized carbons (Fsp3) is 0.235. The lowest BCUT2D eigenvalue weighted by Crippen LogP contribution is -2.07. The van der Waals surface area contributed by atoms with Crippen LogP contribution >= 0.6 is 27.7 Å². The van der Waals surface area contributed by atoms with E-state index in [1.54, 1.807) is 11.8 Å². The highest BCUT2D eigenvalue weighted by molar-refractivity contribution is 9.10. The van der Waals surface area contributed by atoms with E-state index in [-0.39, 0.29) is 5.78 Å². The lowest BCUT2D eigenvalue weighted by Gasteiger charge is -2.10. The molecule has 0 atom stereocenters. The average Bonchev–Trinajstić information content (AvgIpc) is 2.35. The van der Waals surface area contributed by atoms with Gasteiger partial charge in [-0.05, 0) is 50.1 Å². The first kappa shape index (κ1) is 15.3. The first-order valence-electron chi connectivity index (χ1n) is 6.47. The van der Waals surface area contributed by atoms with E-state index in [2.05, 4.69) is 35.0 Å². The van der Waals surface area contributed by atoms with E-state index in [1.807, 2.05) is 38.1 Å². The number of aryl methyl sites for hydroxylation is 3. The maximum atomic E-state index is 12.4. The number of hydrogen-bond acceptors (Lipinski definition) is 2. The Kier molecular flexibility index (Phi) is 5.06. The van der Waals surface area contributed by atoms with Crippen LogP contribution in [0.4, 0.5) is 0 Å². The van der Waals surface area contributed by atoms with Crippen LogP contribution in [0, 0.1) is 20.8 Å². The SMILES string of the molecule is Cc1cc(C)c(C(=O)CSc2cccc(Br)c2)c(C)c1. The highest BCUT2D eigenvalue weighted by Crippen LogP contribution is 2.24. The van der Waals surface area contributed by atoms with Crippen LogP contribution in [-0.2, 0) is 0 Å². The molecule has 2 rings (SSSR count). The number of carbonyl (C=O) groups is 1. The van der Waals surface area contributed by atoms with Crippen molar-refractivity contribution in [2.24, 2.45) is 0 Å². The minimum absolute atomic E-state index is 0.199. The summed E-state index contributed by atoms with van der Waals surface area (Å²) in [5, 5.41) is 0. The summed E-state index contributed by atoms with van der Waals surface area (Å²) in [6.45, 7) is 6.08. The van der Waals surface area contributed by atoms with Gasteiger partial charge in [0.2, 0.25) is 0 Å². The molecule has 0 heterocycles. The van der Waals surface area contributed by atoms with Crippen molar-refractivity contribution in [3.63, 3.8) is 0 Å². The Hall–Kier alpha value is -1.06. The minimum atomic E-state index is 0.199. The van der Waals surface area contributed by atoms with Gasteiger partial charge in [0.25, 0.3) is 0 Å². The Bertz CT molecular complexity index is 626. The van der Waals surface area contributed by atoms with E-state index in [0.717, 1.165) is 26.1 Å². The van der Waals surface area contributed by atoms with Gasteiger partial charge in [0.15, 0.2) is 5.78 Å². The van der Waals surface area contributed by atoms with Gasteiger partial charge in [-0.2, -0.15) is 0 Å². The van der Waals surface area contributed by atoms with E-state index >= 15 is 0 Å². The van der Waals surface area contributed by atoms with Crippen molar-refractivity contribution in [2.45, 2.75) is 25.7 Å². The summed E-state index contributed by atoms with van der Waals surface area (Å²) in [5.74, 6) is 0.672. The average molecular weight is 349 g/mol. The van der Waals surface area contributed by atoms with Crippen molar-refractivity contribution in [2.75, 3.05) is 5.75 Å². The Morgan fingerprint density at radius 3 is 2.35 bits per heavy atom. The van der Waals surface area contributed by atoms with Gasteiger partial charge >= 0.3 is 0 Å². The highest BCUT2D eigenvalue weighted by Gasteiger charge is 2.13. The maximum Gasteiger partial charge on any atom is 0.173 e. The molecule has 1 nitrogen and oxygen atoms in total. The largest absolute Gasteiger partial charge is 0.293 e. The van der Waals surface area contributed by atoms with Crippen LogP contribution in [0.25, 0.3) is 0 Å². The number of thioether (sulfide) groups is 1. The second-order valence-corrected chi connectivity index (χ2v) is 6.91. The summed E-state index contributed by atoms with van der Waals surface area (Å²) >= 11 is 5.03. The van der Waals surface area contributed by atoms with Crippen molar-refractivity contribution in [3.8, 4) is 0 Å². The second-order valence-electron chi connectivity index (χ2n) is 4.94. The molecule has 2 aromatic carbocycles. The van der Waals surface area contributed by atoms with Crippen molar-refractivity contribution >= 4 is 33.5 Å². The second kappa shape index (κ2) is 6.59. The zero-order valence-electron chi connectivity index (χ0n) is 11.9. The summed E-state index contributed by atoms with van der Waals surface area (Å²) in [6, 6.07) is 12.2. The summed E-state index contributed by atoms with van der Waals surface area (Å²) in [5.41, 5.74) is 4.22. The summed E-state index contributed by atoms with van der Waals surface area (Å²) < 4.78 is 1.04. The molecule has 0 saturated heterocycles. The molecule has 0 unspecified atom stereocenters. The van der Waals surface area contributed by atoms with Crippen LogP contribution in [0.5, 0.6) is 0 Å². The van der Waals surface area contributed by atoms with Gasteiger partial charge in [-0.15, -0.1) is 11.8 Å². The molecule has 0 amide bonds. The molecular weight excluding hydrogens is 332 g/mol. The third-order valence-electron chi connectivity index (χ3n) is 3.12. The molecule has 0 spiro atoms. The van der Waals surface area contributed by atoms with E-state index in [9.17, 15) is 4.79 Å². The van der Waals surface area contributed by atoms with Crippen molar-refractivity contribution in [3.05, 3.63) is 63.1 Å². The van der Waals surface area contributed by atoms with E-state index < -0.39 is 0 Å². The number of halogens is 1. The molecule has 0 aliphatic rings. The fourth-order valence-corrected chi connectivity index (χ4v) is 3.78. The smallest absolute Gasteiger partial charge is 0.173 e. The van der Waals surface area contributed by atoms with Crippen LogP contribution < -0.4 is 0 Å². The Labute approximate surface area is 132 Å². The first-order valence-corrected chi connectivity index (χ1v) is 8.24. The third kappa shape index (κ3) is 3.74. The normalized spacial score (nSPS) is 10.6. The fourth-order valence-electron chi connectivity index (χ4n) is 2.40. The number of hydrogen-bond donors (Lipinski definition) is 0. The van der Waals surface area contributed by atoms with Crippen molar-refractivity contribution in [1.29, 1.82) is 0 Å². The minimum Gasteiger partial charge on any atom is -0.293 e. The van der Waals surface area contributed by atoms with Crippen LogP contribution in [0.3, 0.4) is 0 Å². The molecule has 20 heavy (non-hydrogen) atoms. The lowest BCUT2D eigenvalue weighted by atomic mass is 9.97. The molecule has 3 heteroatoms. The molecule has 0 N–H and O–H groups in total. The van der Waals surface area contributed by atoms with Crippen molar-refractivity contribution in [1.82, 2.24) is 0 Å². The molecular formula is C17H17BrOS. The molecule has 0 bridgehead atoms. The van der Waals surface area contributed by atoms with Gasteiger partial charge in [-0.25, -0.2) is 0 Å². The van der Waals surface area contributed by atoms with Crippen LogP contribution in [0.15, 0.2) is 45.8 Å². The van der Waals surface area contributed by atoms with E-state index in [1.165, 1.54) is 5.56 Å². The quantitative estimate of drug-likeness (QED) is 0.547. The standard InChI is InChI=1S/C17H17BrOS/c1-11-7-12(2)17(13(3)8-11)16(19)10-20-15-6-4-5-14(18)9-15/h4-9H,10H2,1-3H3. The molecule has 0 aliphatic carbocycles. The van der Waals surface area contributed by atoms with Gasteiger partial charge in [0.1, 0.15) is 0 Å².